The summed E-state index contributed by atoms with van der Waals surface area (Å²) in [7, 11) is 0. The van der Waals surface area contributed by atoms with Gasteiger partial charge in [0.25, 0.3) is 5.24 Å². The van der Waals surface area contributed by atoms with E-state index < -0.39 is 5.24 Å². The Kier molecular flexibility index (Phi) is 2.17. The summed E-state index contributed by atoms with van der Waals surface area (Å²) in [6.07, 6.45) is 0. The second-order valence-electron chi connectivity index (χ2n) is 2.85. The lowest BCUT2D eigenvalue weighted by Crippen LogP contribution is -2.00. The molecule has 5 heteroatoms. The minimum absolute atomic E-state index is 0.399. The summed E-state index contributed by atoms with van der Waals surface area (Å²) in [6.45, 7) is 1.77. The molecule has 0 spiro atoms. The van der Waals surface area contributed by atoms with Crippen LogP contribution in [-0.2, 0) is 0 Å². The van der Waals surface area contributed by atoms with Gasteiger partial charge in [-0.25, -0.2) is 4.98 Å². The van der Waals surface area contributed by atoms with E-state index in [0.29, 0.717) is 17.2 Å². The van der Waals surface area contributed by atoms with Crippen LogP contribution in [0.2, 0.25) is 0 Å². The van der Waals surface area contributed by atoms with E-state index >= 15 is 0 Å². The molecule has 0 aliphatic heterocycles. The number of aromatic nitrogens is 1. The normalized spacial score (nSPS) is 10.4. The van der Waals surface area contributed by atoms with Crippen LogP contribution in [-0.4, -0.2) is 10.2 Å². The Morgan fingerprint density at radius 2 is 2.36 bits per heavy atom. The van der Waals surface area contributed by atoms with Gasteiger partial charge in [-0.05, 0) is 18.2 Å². The quantitative estimate of drug-likeness (QED) is 0.708. The van der Waals surface area contributed by atoms with Crippen molar-refractivity contribution < 1.29 is 9.21 Å². The molecule has 1 heterocycles. The number of hydrogen-bond donors (Lipinski definition) is 2. The van der Waals surface area contributed by atoms with Crippen LogP contribution >= 0.6 is 12.6 Å². The molecule has 0 fully saturated rings. The van der Waals surface area contributed by atoms with E-state index in [0.717, 1.165) is 5.52 Å². The number of anilines is 1. The lowest BCUT2D eigenvalue weighted by atomic mass is 10.3. The van der Waals surface area contributed by atoms with Gasteiger partial charge in [0.05, 0.1) is 0 Å². The Hall–Kier alpha value is -1.49. The fraction of sp³-hybridized carbons (Fsp3) is 0.111. The first-order valence-electron chi connectivity index (χ1n) is 4.02. The molecule has 0 radical (unpaired) electrons. The van der Waals surface area contributed by atoms with Gasteiger partial charge in [-0.2, -0.15) is 0 Å². The van der Waals surface area contributed by atoms with Gasteiger partial charge in [0, 0.05) is 12.6 Å². The third kappa shape index (κ3) is 1.72. The predicted octanol–water partition coefficient (Wildman–Crippen LogP) is 2.60. The number of benzene rings is 1. The lowest BCUT2D eigenvalue weighted by molar-refractivity contribution is 0.270. The number of nitrogens with one attached hydrogen (secondary N) is 1. The number of rotatable bonds is 1. The lowest BCUT2D eigenvalue weighted by Gasteiger charge is -1.98. The summed E-state index contributed by atoms with van der Waals surface area (Å²) in [6, 6.07) is 5.23. The van der Waals surface area contributed by atoms with Gasteiger partial charge in [-0.3, -0.25) is 4.79 Å². The van der Waals surface area contributed by atoms with Crippen LogP contribution in [0.3, 0.4) is 0 Å². The first-order valence-corrected chi connectivity index (χ1v) is 4.47. The highest BCUT2D eigenvalue weighted by atomic mass is 32.1. The largest absolute Gasteiger partial charge is 0.441 e. The van der Waals surface area contributed by atoms with E-state index in [1.165, 1.54) is 0 Å². The van der Waals surface area contributed by atoms with Crippen LogP contribution < -0.4 is 5.32 Å². The summed E-state index contributed by atoms with van der Waals surface area (Å²) < 4.78 is 5.28. The number of amides is 1. The smallest absolute Gasteiger partial charge is 0.280 e. The highest BCUT2D eigenvalue weighted by molar-refractivity contribution is 7.96. The Balaban J connectivity index is 2.45. The van der Waals surface area contributed by atoms with Crippen molar-refractivity contribution in [2.75, 3.05) is 5.32 Å². The summed E-state index contributed by atoms with van der Waals surface area (Å²) in [5.74, 6) is 0.606. The molecule has 0 bridgehead atoms. The summed E-state index contributed by atoms with van der Waals surface area (Å²) in [5.41, 5.74) is 2.09. The van der Waals surface area contributed by atoms with Crippen LogP contribution in [0.1, 0.15) is 5.89 Å². The molecule has 4 nitrogen and oxygen atoms in total. The molecule has 72 valence electrons. The van der Waals surface area contributed by atoms with Crippen LogP contribution in [0.4, 0.5) is 10.5 Å². The van der Waals surface area contributed by atoms with E-state index in [1.807, 2.05) is 0 Å². The maximum Gasteiger partial charge on any atom is 0.280 e. The van der Waals surface area contributed by atoms with Gasteiger partial charge < -0.3 is 9.73 Å². The molecule has 0 saturated carbocycles. The zero-order chi connectivity index (χ0) is 10.1. The third-order valence-electron chi connectivity index (χ3n) is 1.75. The number of fused-ring (bicyclic) bond motifs is 1. The number of oxazole rings is 1. The van der Waals surface area contributed by atoms with Gasteiger partial charge in [0.1, 0.15) is 5.52 Å². The van der Waals surface area contributed by atoms with Crippen LogP contribution in [0.25, 0.3) is 11.1 Å². The van der Waals surface area contributed by atoms with Crippen molar-refractivity contribution in [3.05, 3.63) is 24.1 Å². The first kappa shape index (κ1) is 9.08. The zero-order valence-corrected chi connectivity index (χ0v) is 8.34. The van der Waals surface area contributed by atoms with Crippen LogP contribution in [0.15, 0.2) is 22.6 Å². The number of carbonyl (C=O) groups is 1. The number of aryl methyl sites for hydroxylation is 1. The first-order chi connectivity index (χ1) is 6.65. The van der Waals surface area contributed by atoms with Crippen molar-refractivity contribution in [3.63, 3.8) is 0 Å². The molecule has 2 rings (SSSR count). The molecule has 1 aromatic carbocycles. The van der Waals surface area contributed by atoms with Crippen molar-refractivity contribution in [2.24, 2.45) is 0 Å². The second-order valence-corrected chi connectivity index (χ2v) is 3.25. The second kappa shape index (κ2) is 3.34. The van der Waals surface area contributed by atoms with Crippen LogP contribution in [0, 0.1) is 6.92 Å². The topological polar surface area (TPSA) is 55.1 Å². The molecular formula is C9H8N2O2S. The molecule has 0 saturated heterocycles. The number of thiol groups is 1. The molecule has 1 amide bonds. The fourth-order valence-corrected chi connectivity index (χ4v) is 1.37. The Labute approximate surface area is 85.7 Å². The van der Waals surface area contributed by atoms with E-state index in [4.69, 9.17) is 4.42 Å². The molecule has 0 aliphatic rings. The summed E-state index contributed by atoms with van der Waals surface area (Å²) >= 11 is 3.62. The zero-order valence-electron chi connectivity index (χ0n) is 7.44. The molecule has 0 aliphatic carbocycles. The maximum atomic E-state index is 10.7. The average Bonchev–Trinajstić information content (AvgIpc) is 2.42. The number of hydrogen-bond acceptors (Lipinski definition) is 3. The van der Waals surface area contributed by atoms with E-state index in [2.05, 4.69) is 22.9 Å². The standard InChI is InChI=1S/C9H8N2O2S/c1-5-10-7-4-6(11-9(12)14)2-3-8(7)13-5/h2-4H,1H3,(H2,11,12,14). The minimum Gasteiger partial charge on any atom is -0.441 e. The minimum atomic E-state index is -0.399. The van der Waals surface area contributed by atoms with Crippen molar-refractivity contribution in [2.45, 2.75) is 6.92 Å². The predicted molar refractivity (Wildman–Crippen MR) is 56.8 cm³/mol. The van der Waals surface area contributed by atoms with Crippen molar-refractivity contribution >= 4 is 34.7 Å². The van der Waals surface area contributed by atoms with Gasteiger partial charge in [-0.1, -0.05) is 12.6 Å². The molecule has 2 aromatic rings. The van der Waals surface area contributed by atoms with E-state index in [1.54, 1.807) is 25.1 Å². The van der Waals surface area contributed by atoms with Crippen molar-refractivity contribution in [1.29, 1.82) is 0 Å². The van der Waals surface area contributed by atoms with Crippen molar-refractivity contribution in [3.8, 4) is 0 Å². The molecule has 1 aromatic heterocycles. The molecule has 0 unspecified atom stereocenters. The Morgan fingerprint density at radius 3 is 3.07 bits per heavy atom. The fourth-order valence-electron chi connectivity index (χ4n) is 1.24. The molecule has 14 heavy (non-hydrogen) atoms. The molecule has 1 N–H and O–H groups in total. The molecular weight excluding hydrogens is 200 g/mol. The number of nitrogens with zero attached hydrogens (tertiary/aromatic N) is 1. The third-order valence-corrected chi connectivity index (χ3v) is 1.86. The SMILES string of the molecule is Cc1nc2cc(NC(=O)S)ccc2o1. The van der Waals surface area contributed by atoms with Gasteiger partial charge in [0.15, 0.2) is 11.5 Å². The van der Waals surface area contributed by atoms with E-state index in [9.17, 15) is 4.79 Å². The van der Waals surface area contributed by atoms with Gasteiger partial charge in [0.2, 0.25) is 0 Å². The number of carbonyl (C=O) groups excluding carboxylic acids is 1. The summed E-state index contributed by atoms with van der Waals surface area (Å²) in [5, 5.41) is 2.15. The highest BCUT2D eigenvalue weighted by Crippen LogP contribution is 2.19. The monoisotopic (exact) mass is 208 g/mol. The average molecular weight is 208 g/mol. The van der Waals surface area contributed by atoms with Gasteiger partial charge >= 0.3 is 0 Å². The highest BCUT2D eigenvalue weighted by Gasteiger charge is 2.03. The maximum absolute atomic E-state index is 10.7. The van der Waals surface area contributed by atoms with Gasteiger partial charge in [-0.15, -0.1) is 0 Å². The molecule has 0 atom stereocenters. The van der Waals surface area contributed by atoms with E-state index in [-0.39, 0.29) is 0 Å². The van der Waals surface area contributed by atoms with Crippen molar-refractivity contribution in [1.82, 2.24) is 4.98 Å². The van der Waals surface area contributed by atoms with Crippen LogP contribution in [0.5, 0.6) is 0 Å². The summed E-state index contributed by atoms with van der Waals surface area (Å²) in [4.78, 5) is 14.8. The Morgan fingerprint density at radius 1 is 1.57 bits per heavy atom. The Bertz CT molecular complexity index is 493.